The fraction of sp³-hybridized carbons (Fsp3) is 0.667. The quantitative estimate of drug-likeness (QED) is 0.736. The van der Waals surface area contributed by atoms with Crippen molar-refractivity contribution in [3.05, 3.63) is 18.2 Å². The topological polar surface area (TPSA) is 80.9 Å². The average molecular weight is 343 g/mol. The molecule has 1 atom stereocenters. The number of nitrogens with one attached hydrogen (secondary N) is 1. The van der Waals surface area contributed by atoms with E-state index in [-0.39, 0.29) is 11.9 Å². The maximum atomic E-state index is 12.5. The van der Waals surface area contributed by atoms with Crippen molar-refractivity contribution < 1.29 is 9.53 Å². The summed E-state index contributed by atoms with van der Waals surface area (Å²) in [5, 5.41) is 11.4. The normalized spacial score (nSPS) is 20.0. The number of imidazole rings is 1. The Balaban J connectivity index is 1.59. The molecule has 0 radical (unpaired) electrons. The van der Waals surface area contributed by atoms with Gasteiger partial charge in [-0.2, -0.15) is 10.2 Å². The SMILES string of the molecule is C#CCCC1(CCC(=O)NC(c2nccn2C)C2CCOCC2)N=N1. The summed E-state index contributed by atoms with van der Waals surface area (Å²) in [6, 6.07) is -0.0915. The molecular weight excluding hydrogens is 318 g/mol. The lowest BCUT2D eigenvalue weighted by Gasteiger charge is -2.30. The zero-order chi connectivity index (χ0) is 17.7. The molecule has 134 valence electrons. The Hall–Kier alpha value is -2.20. The van der Waals surface area contributed by atoms with Crippen LogP contribution in [0.3, 0.4) is 0 Å². The van der Waals surface area contributed by atoms with E-state index >= 15 is 0 Å². The van der Waals surface area contributed by atoms with E-state index in [2.05, 4.69) is 26.4 Å². The predicted molar refractivity (Wildman–Crippen MR) is 92.5 cm³/mol. The van der Waals surface area contributed by atoms with E-state index in [1.807, 2.05) is 17.8 Å². The van der Waals surface area contributed by atoms with Gasteiger partial charge in [0.15, 0.2) is 5.66 Å². The maximum Gasteiger partial charge on any atom is 0.220 e. The van der Waals surface area contributed by atoms with Gasteiger partial charge in [-0.3, -0.25) is 4.79 Å². The third-order valence-electron chi connectivity index (χ3n) is 5.00. The summed E-state index contributed by atoms with van der Waals surface area (Å²) in [5.74, 6) is 3.85. The summed E-state index contributed by atoms with van der Waals surface area (Å²) in [4.78, 5) is 17.0. The number of hydrogen-bond acceptors (Lipinski definition) is 5. The minimum atomic E-state index is -0.416. The first-order valence-electron chi connectivity index (χ1n) is 8.85. The van der Waals surface area contributed by atoms with Crippen molar-refractivity contribution in [2.75, 3.05) is 13.2 Å². The Morgan fingerprint density at radius 1 is 1.48 bits per heavy atom. The van der Waals surface area contributed by atoms with E-state index < -0.39 is 5.66 Å². The summed E-state index contributed by atoms with van der Waals surface area (Å²) >= 11 is 0. The van der Waals surface area contributed by atoms with Gasteiger partial charge in [-0.15, -0.1) is 12.3 Å². The molecule has 1 amide bonds. The molecule has 1 saturated heterocycles. The van der Waals surface area contributed by atoms with Gasteiger partial charge in [0.2, 0.25) is 5.91 Å². The van der Waals surface area contributed by atoms with E-state index in [0.29, 0.717) is 25.2 Å². The van der Waals surface area contributed by atoms with Gasteiger partial charge < -0.3 is 14.6 Å². The van der Waals surface area contributed by atoms with Crippen LogP contribution in [-0.2, 0) is 16.6 Å². The van der Waals surface area contributed by atoms with Crippen molar-refractivity contribution in [3.63, 3.8) is 0 Å². The second-order valence-corrected chi connectivity index (χ2v) is 6.78. The van der Waals surface area contributed by atoms with E-state index in [1.165, 1.54) is 0 Å². The van der Waals surface area contributed by atoms with E-state index in [0.717, 1.165) is 38.3 Å². The second-order valence-electron chi connectivity index (χ2n) is 6.78. The van der Waals surface area contributed by atoms with E-state index in [9.17, 15) is 4.79 Å². The lowest BCUT2D eigenvalue weighted by atomic mass is 9.90. The van der Waals surface area contributed by atoms with Crippen LogP contribution in [0, 0.1) is 18.3 Å². The van der Waals surface area contributed by atoms with Crippen LogP contribution in [0.2, 0.25) is 0 Å². The first kappa shape index (κ1) is 17.6. The molecule has 0 aromatic carbocycles. The molecule has 0 spiro atoms. The van der Waals surface area contributed by atoms with Crippen LogP contribution in [0.5, 0.6) is 0 Å². The molecule has 3 rings (SSSR count). The highest BCUT2D eigenvalue weighted by molar-refractivity contribution is 5.76. The van der Waals surface area contributed by atoms with Gasteiger partial charge in [0.1, 0.15) is 5.82 Å². The largest absolute Gasteiger partial charge is 0.381 e. The monoisotopic (exact) mass is 343 g/mol. The fourth-order valence-electron chi connectivity index (χ4n) is 3.35. The molecule has 1 fully saturated rings. The smallest absolute Gasteiger partial charge is 0.220 e. The van der Waals surface area contributed by atoms with Crippen LogP contribution in [0.1, 0.15) is 50.4 Å². The van der Waals surface area contributed by atoms with Crippen LogP contribution >= 0.6 is 0 Å². The van der Waals surface area contributed by atoms with Crippen molar-refractivity contribution in [3.8, 4) is 12.3 Å². The molecule has 2 aliphatic rings. The first-order chi connectivity index (χ1) is 12.1. The Kier molecular flexibility index (Phi) is 5.49. The Morgan fingerprint density at radius 2 is 2.24 bits per heavy atom. The third-order valence-corrected chi connectivity index (χ3v) is 5.00. The molecule has 1 aromatic rings. The van der Waals surface area contributed by atoms with Crippen LogP contribution in [0.25, 0.3) is 0 Å². The lowest BCUT2D eigenvalue weighted by molar-refractivity contribution is -0.122. The molecule has 1 N–H and O–H groups in total. The number of aromatic nitrogens is 2. The van der Waals surface area contributed by atoms with E-state index in [1.54, 1.807) is 6.20 Å². The minimum absolute atomic E-state index is 0.0110. The zero-order valence-corrected chi connectivity index (χ0v) is 14.6. The molecule has 0 saturated carbocycles. The number of terminal acetylenes is 1. The van der Waals surface area contributed by atoms with Gasteiger partial charge in [-0.05, 0) is 18.8 Å². The number of hydrogen-bond donors (Lipinski definition) is 1. The predicted octanol–water partition coefficient (Wildman–Crippen LogP) is 2.36. The summed E-state index contributed by atoms with van der Waals surface area (Å²) in [7, 11) is 1.96. The van der Waals surface area contributed by atoms with Gasteiger partial charge in [0.25, 0.3) is 0 Å². The van der Waals surface area contributed by atoms with Gasteiger partial charge >= 0.3 is 0 Å². The number of carbonyl (C=O) groups excluding carboxylic acids is 1. The van der Waals surface area contributed by atoms with Gasteiger partial charge in [-0.25, -0.2) is 4.98 Å². The zero-order valence-electron chi connectivity index (χ0n) is 14.6. The summed E-state index contributed by atoms with van der Waals surface area (Å²) in [5.41, 5.74) is -0.416. The standard InChI is InChI=1S/C18H25N5O2/c1-3-4-8-18(21-22-18)9-5-15(24)20-16(14-6-12-25-13-7-14)17-19-10-11-23(17)2/h1,10-11,14,16H,4-9,12-13H2,2H3,(H,20,24). The second kappa shape index (κ2) is 7.79. The van der Waals surface area contributed by atoms with Gasteiger partial charge in [0, 0.05) is 58.3 Å². The number of rotatable bonds is 8. The number of aryl methyl sites for hydroxylation is 1. The third kappa shape index (κ3) is 4.45. The molecular formula is C18H25N5O2. The van der Waals surface area contributed by atoms with Crippen molar-refractivity contribution in [2.24, 2.45) is 23.2 Å². The minimum Gasteiger partial charge on any atom is -0.381 e. The number of nitrogens with zero attached hydrogens (tertiary/aromatic N) is 4. The van der Waals surface area contributed by atoms with Crippen LogP contribution in [0.15, 0.2) is 22.6 Å². The van der Waals surface area contributed by atoms with E-state index in [4.69, 9.17) is 11.2 Å². The maximum absolute atomic E-state index is 12.5. The highest BCUT2D eigenvalue weighted by atomic mass is 16.5. The molecule has 2 aliphatic heterocycles. The van der Waals surface area contributed by atoms with Crippen molar-refractivity contribution in [1.82, 2.24) is 14.9 Å². The number of carbonyl (C=O) groups is 1. The van der Waals surface area contributed by atoms with Crippen LogP contribution in [-0.4, -0.2) is 34.3 Å². The highest BCUT2D eigenvalue weighted by Gasteiger charge is 2.39. The molecule has 0 bridgehead atoms. The van der Waals surface area contributed by atoms with Crippen LogP contribution in [0.4, 0.5) is 0 Å². The summed E-state index contributed by atoms with van der Waals surface area (Å²) in [6.45, 7) is 1.46. The lowest BCUT2D eigenvalue weighted by Crippen LogP contribution is -2.37. The molecule has 7 heteroatoms. The van der Waals surface area contributed by atoms with Crippen LogP contribution < -0.4 is 5.32 Å². The molecule has 1 unspecified atom stereocenters. The molecule has 7 nitrogen and oxygen atoms in total. The first-order valence-corrected chi connectivity index (χ1v) is 8.85. The average Bonchev–Trinajstić information content (AvgIpc) is 3.29. The van der Waals surface area contributed by atoms with Gasteiger partial charge in [0.05, 0.1) is 6.04 Å². The summed E-state index contributed by atoms with van der Waals surface area (Å²) in [6.07, 6.45) is 13.2. The number of amides is 1. The molecule has 3 heterocycles. The fourth-order valence-corrected chi connectivity index (χ4v) is 3.35. The van der Waals surface area contributed by atoms with Crippen molar-refractivity contribution in [1.29, 1.82) is 0 Å². The van der Waals surface area contributed by atoms with Crippen molar-refractivity contribution >= 4 is 5.91 Å². The molecule has 0 aliphatic carbocycles. The summed E-state index contributed by atoms with van der Waals surface area (Å²) < 4.78 is 7.43. The Labute approximate surface area is 148 Å². The Bertz CT molecular complexity index is 663. The van der Waals surface area contributed by atoms with Crippen molar-refractivity contribution in [2.45, 2.75) is 50.2 Å². The number of ether oxygens (including phenoxy) is 1. The van der Waals surface area contributed by atoms with Gasteiger partial charge in [-0.1, -0.05) is 0 Å². The highest BCUT2D eigenvalue weighted by Crippen LogP contribution is 2.37. The molecule has 1 aromatic heterocycles. The Morgan fingerprint density at radius 3 is 2.84 bits per heavy atom. The molecule has 25 heavy (non-hydrogen) atoms.